The molecular formula is C86H74O12. The first-order chi connectivity index (χ1) is 48.4. The zero-order valence-corrected chi connectivity index (χ0v) is 54.0. The van der Waals surface area contributed by atoms with Gasteiger partial charge in [-0.1, -0.05) is 255 Å². The van der Waals surface area contributed by atoms with Crippen LogP contribution in [0.5, 0.6) is 57.5 Å². The Labute approximate surface area is 571 Å². The van der Waals surface area contributed by atoms with E-state index in [0.717, 1.165) is 44.5 Å². The summed E-state index contributed by atoms with van der Waals surface area (Å²) in [6.45, 7) is 1.75. The van der Waals surface area contributed by atoms with Crippen LogP contribution in [0.4, 0.5) is 0 Å². The van der Waals surface area contributed by atoms with Crippen molar-refractivity contribution in [3.05, 3.63) is 370 Å². The first-order valence-electron chi connectivity index (χ1n) is 33.1. The van der Waals surface area contributed by atoms with Gasteiger partial charge in [0.25, 0.3) is 0 Å². The van der Waals surface area contributed by atoms with Crippen molar-refractivity contribution < 1.29 is 57.6 Å². The molecule has 12 heteroatoms. The highest BCUT2D eigenvalue weighted by atomic mass is 16.5. The van der Waals surface area contributed by atoms with Crippen molar-refractivity contribution in [2.75, 3.05) is 0 Å². The molecular weight excluding hydrogens is 1230 g/mol. The van der Waals surface area contributed by atoms with Gasteiger partial charge in [0.15, 0.2) is 29.1 Å². The number of ether oxygens (including phenoxy) is 10. The van der Waals surface area contributed by atoms with E-state index in [1.807, 2.05) is 297 Å². The molecule has 12 aromatic carbocycles. The molecule has 0 fully saturated rings. The molecule has 0 amide bonds. The lowest BCUT2D eigenvalue weighted by molar-refractivity contribution is 0.000521. The van der Waals surface area contributed by atoms with E-state index in [1.165, 1.54) is 0 Å². The van der Waals surface area contributed by atoms with Crippen LogP contribution in [0.3, 0.4) is 0 Å². The van der Waals surface area contributed by atoms with Crippen LogP contribution in [0, 0.1) is 0 Å². The van der Waals surface area contributed by atoms with Gasteiger partial charge >= 0.3 is 0 Å². The Balaban J connectivity index is 0.954. The quantitative estimate of drug-likeness (QED) is 0.0475. The van der Waals surface area contributed by atoms with Gasteiger partial charge in [0.2, 0.25) is 0 Å². The van der Waals surface area contributed by atoms with Crippen molar-refractivity contribution in [3.63, 3.8) is 0 Å². The van der Waals surface area contributed by atoms with Crippen LogP contribution in [0.15, 0.2) is 297 Å². The molecule has 14 rings (SSSR count). The number of hydrogen-bond acceptors (Lipinski definition) is 12. The molecule has 0 saturated heterocycles. The van der Waals surface area contributed by atoms with Crippen LogP contribution in [0.1, 0.15) is 90.5 Å². The van der Waals surface area contributed by atoms with Crippen molar-refractivity contribution in [2.24, 2.45) is 0 Å². The van der Waals surface area contributed by atoms with Crippen LogP contribution < -0.4 is 47.4 Å². The van der Waals surface area contributed by atoms with E-state index in [9.17, 15) is 10.2 Å². The highest BCUT2D eigenvalue weighted by Crippen LogP contribution is 2.58. The summed E-state index contributed by atoms with van der Waals surface area (Å²) in [7, 11) is 0. The summed E-state index contributed by atoms with van der Waals surface area (Å²) in [6.07, 6.45) is -4.62. The van der Waals surface area contributed by atoms with Crippen molar-refractivity contribution in [1.29, 1.82) is 0 Å². The number of hydrogen-bond donors (Lipinski definition) is 2. The highest BCUT2D eigenvalue weighted by Gasteiger charge is 2.47. The molecule has 12 nitrogen and oxygen atoms in total. The number of aliphatic hydroxyl groups is 2. The van der Waals surface area contributed by atoms with Crippen LogP contribution in [-0.4, -0.2) is 22.4 Å². The molecule has 0 unspecified atom stereocenters. The Bertz CT molecular complexity index is 4530. The average Bonchev–Trinajstić information content (AvgIpc) is 0.725. The Kier molecular flexibility index (Phi) is 20.2. The van der Waals surface area contributed by atoms with Gasteiger partial charge in [-0.05, 0) is 79.9 Å². The SMILES string of the molecule is O[C@H]1Cc2c(OCc3ccccc3)cc(OCc3ccccc3)c([13C@@H]3c4c(OCc5ccccc5)cc(OCc5ccccc5)cc4O[C@@H](c4ccc(OCc5ccccc5)c(OCc5ccccc5)c4)[C@@H]3O)c2O[C@@H]1c1ccc(OCc2ccccc2)c(OCc2ccccc2)c1. The fourth-order valence-corrected chi connectivity index (χ4v) is 12.4. The minimum Gasteiger partial charge on any atom is -0.489 e. The molecule has 0 aromatic heterocycles. The minimum absolute atomic E-state index is 0.0638. The van der Waals surface area contributed by atoms with E-state index >= 15 is 0 Å². The molecule has 2 heterocycles. The van der Waals surface area contributed by atoms with Gasteiger partial charge in [-0.3, -0.25) is 0 Å². The van der Waals surface area contributed by atoms with Crippen molar-refractivity contribution in [3.8, 4) is 57.5 Å². The maximum Gasteiger partial charge on any atom is 0.162 e. The Morgan fingerprint density at radius 3 is 1.00 bits per heavy atom. The lowest BCUT2D eigenvalue weighted by atomic mass is 9.89. The third kappa shape index (κ3) is 15.6. The summed E-state index contributed by atoms with van der Waals surface area (Å²) >= 11 is 0. The van der Waals surface area contributed by atoms with Gasteiger partial charge in [0.1, 0.15) is 99.6 Å². The second-order valence-corrected chi connectivity index (χ2v) is 24.4. The van der Waals surface area contributed by atoms with E-state index in [1.54, 1.807) is 0 Å². The molecule has 2 N–H and O–H groups in total. The lowest BCUT2D eigenvalue weighted by Crippen LogP contribution is -2.37. The molecule has 98 heavy (non-hydrogen) atoms. The fourth-order valence-electron chi connectivity index (χ4n) is 12.4. The normalized spacial score (nSPS) is 16.0. The molecule has 0 saturated carbocycles. The van der Waals surface area contributed by atoms with Crippen LogP contribution in [0.2, 0.25) is 0 Å². The summed E-state index contributed by atoms with van der Waals surface area (Å²) < 4.78 is 69.4. The molecule has 2 aliphatic heterocycles. The first-order valence-corrected chi connectivity index (χ1v) is 33.1. The van der Waals surface area contributed by atoms with Crippen molar-refractivity contribution in [2.45, 2.75) is 89.6 Å². The van der Waals surface area contributed by atoms with E-state index < -0.39 is 30.3 Å². The minimum atomic E-state index is -1.43. The summed E-state index contributed by atoms with van der Waals surface area (Å²) in [5, 5.41) is 27.0. The van der Waals surface area contributed by atoms with Crippen molar-refractivity contribution in [1.82, 2.24) is 0 Å². The molecule has 0 aliphatic carbocycles. The maximum atomic E-state index is 14.1. The van der Waals surface area contributed by atoms with Gasteiger partial charge in [0.05, 0.1) is 12.0 Å². The van der Waals surface area contributed by atoms with Gasteiger partial charge in [-0.15, -0.1) is 0 Å². The van der Waals surface area contributed by atoms with Crippen LogP contribution >= 0.6 is 0 Å². The molecule has 12 aromatic rings. The van der Waals surface area contributed by atoms with Gasteiger partial charge in [-0.25, -0.2) is 0 Å². The Morgan fingerprint density at radius 1 is 0.286 bits per heavy atom. The summed E-state index contributed by atoms with van der Waals surface area (Å²) in [4.78, 5) is 0. The van der Waals surface area contributed by atoms with Gasteiger partial charge in [-0.2, -0.15) is 0 Å². The topological polar surface area (TPSA) is 133 Å². The van der Waals surface area contributed by atoms with Crippen LogP contribution in [-0.2, 0) is 59.3 Å². The highest BCUT2D eigenvalue weighted by molar-refractivity contribution is 5.67. The Hall–Kier alpha value is -11.4. The molecule has 490 valence electrons. The largest absolute Gasteiger partial charge is 0.489 e. The fraction of sp³-hybridized carbons (Fsp3) is 0.163. The molecule has 2 aliphatic rings. The molecule has 0 bridgehead atoms. The number of fused-ring (bicyclic) bond motifs is 2. The maximum absolute atomic E-state index is 14.1. The monoisotopic (exact) mass is 1300 g/mol. The lowest BCUT2D eigenvalue weighted by Gasteiger charge is -2.41. The third-order valence-electron chi connectivity index (χ3n) is 17.5. The van der Waals surface area contributed by atoms with E-state index in [4.69, 9.17) is 47.4 Å². The summed E-state index contributed by atoms with van der Waals surface area (Å²) in [5.74, 6) is 3.21. The van der Waals surface area contributed by atoms with E-state index in [-0.39, 0.29) is 52.7 Å². The van der Waals surface area contributed by atoms with Crippen LogP contribution in [0.25, 0.3) is 0 Å². The predicted molar refractivity (Wildman–Crippen MR) is 376 cm³/mol. The molecule has 0 spiro atoms. The average molecular weight is 1300 g/mol. The smallest absolute Gasteiger partial charge is 0.162 e. The van der Waals surface area contributed by atoms with E-state index in [0.29, 0.717) is 91.9 Å². The standard InChI is InChI=1S/C86H74O12/c87-71-49-70-74(92-54-62-31-15-4-16-32-62)50-78(96-58-66-39-23-8-24-40-66)81(86(70)98-84(71)67-41-43-72(90-52-60-27-11-2-12-28-60)75(45-67)93-55-63-33-17-5-18-34-63)82-80-77(95-57-65-37-21-7-22-38-65)47-69(89-51-59-25-9-1-10-26-59)48-79(80)97-85(83(82)88)68-42-44-73(91-53-61-29-13-3-14-30-61)76(46-68)94-56-64-35-19-6-20-36-64/h1-48,50,71,82-85,87-88H,49,51-58H2/t71-,82-,83+,84+,85-/m0/s1/i82+1. The number of benzene rings is 12. The van der Waals surface area contributed by atoms with Crippen molar-refractivity contribution >= 4 is 0 Å². The first kappa shape index (κ1) is 63.9. The van der Waals surface area contributed by atoms with Gasteiger partial charge < -0.3 is 57.6 Å². The second-order valence-electron chi connectivity index (χ2n) is 24.4. The van der Waals surface area contributed by atoms with Gasteiger partial charge in [0, 0.05) is 41.3 Å². The van der Waals surface area contributed by atoms with E-state index in [2.05, 4.69) is 0 Å². The number of aliphatic hydroxyl groups excluding tert-OH is 2. The Morgan fingerprint density at radius 2 is 0.612 bits per heavy atom. The second kappa shape index (κ2) is 31.0. The number of rotatable bonds is 27. The predicted octanol–water partition coefficient (Wildman–Crippen LogP) is 18.0. The zero-order valence-electron chi connectivity index (χ0n) is 54.0. The molecule has 5 atom stereocenters. The zero-order chi connectivity index (χ0) is 66.2. The third-order valence-corrected chi connectivity index (χ3v) is 17.5. The molecule has 0 radical (unpaired) electrons. The summed E-state index contributed by atoms with van der Waals surface area (Å²) in [5.41, 5.74) is 10.3. The summed E-state index contributed by atoms with van der Waals surface area (Å²) in [6, 6.07) is 96.4.